The summed E-state index contributed by atoms with van der Waals surface area (Å²) < 4.78 is 5.82. The van der Waals surface area contributed by atoms with Crippen LogP contribution in [0.25, 0.3) is 0 Å². The van der Waals surface area contributed by atoms with Crippen molar-refractivity contribution in [3.05, 3.63) is 53.3 Å². The van der Waals surface area contributed by atoms with Gasteiger partial charge in [-0.1, -0.05) is 12.1 Å². The number of pyridine rings is 1. The molecular formula is C15H18N2O. The molecule has 3 nitrogen and oxygen atoms in total. The summed E-state index contributed by atoms with van der Waals surface area (Å²) in [5.74, 6) is 1.60. The van der Waals surface area contributed by atoms with Crippen molar-refractivity contribution in [1.29, 1.82) is 0 Å². The summed E-state index contributed by atoms with van der Waals surface area (Å²) in [6.07, 6.45) is 1.71. The standard InChI is InChI=1S/C15H18N2O/c1-10-4-5-11(2)15(8-10)18-13-6-7-14(12(3)16)17-9-13/h4-9,12H,16H2,1-3H3/t12-/m1/s1. The van der Waals surface area contributed by atoms with Crippen molar-refractivity contribution in [2.45, 2.75) is 26.8 Å². The van der Waals surface area contributed by atoms with Crippen molar-refractivity contribution in [1.82, 2.24) is 4.98 Å². The van der Waals surface area contributed by atoms with Crippen LogP contribution in [0.5, 0.6) is 11.5 Å². The van der Waals surface area contributed by atoms with E-state index in [1.807, 2.05) is 39.0 Å². The first-order valence-electron chi connectivity index (χ1n) is 6.03. The van der Waals surface area contributed by atoms with Crippen molar-refractivity contribution < 1.29 is 4.74 Å². The number of aromatic nitrogens is 1. The molecule has 94 valence electrons. The van der Waals surface area contributed by atoms with Gasteiger partial charge in [-0.15, -0.1) is 0 Å². The molecule has 0 radical (unpaired) electrons. The Bertz CT molecular complexity index is 533. The monoisotopic (exact) mass is 242 g/mol. The number of rotatable bonds is 3. The lowest BCUT2D eigenvalue weighted by Gasteiger charge is -2.10. The SMILES string of the molecule is Cc1ccc(C)c(Oc2ccc([C@@H](C)N)nc2)c1. The molecule has 1 aromatic carbocycles. The predicted octanol–water partition coefficient (Wildman–Crippen LogP) is 3.51. The highest BCUT2D eigenvalue weighted by Gasteiger charge is 2.04. The van der Waals surface area contributed by atoms with Crippen molar-refractivity contribution in [3.8, 4) is 11.5 Å². The van der Waals surface area contributed by atoms with Crippen molar-refractivity contribution in [2.75, 3.05) is 0 Å². The van der Waals surface area contributed by atoms with E-state index in [4.69, 9.17) is 10.5 Å². The lowest BCUT2D eigenvalue weighted by Crippen LogP contribution is -2.06. The summed E-state index contributed by atoms with van der Waals surface area (Å²) >= 11 is 0. The fourth-order valence-electron chi connectivity index (χ4n) is 1.67. The third-order valence-corrected chi connectivity index (χ3v) is 2.80. The topological polar surface area (TPSA) is 48.1 Å². The molecule has 1 aromatic heterocycles. The summed E-state index contributed by atoms with van der Waals surface area (Å²) in [6, 6.07) is 9.88. The highest BCUT2D eigenvalue weighted by molar-refractivity contribution is 5.39. The number of hydrogen-bond donors (Lipinski definition) is 1. The molecule has 0 saturated heterocycles. The maximum Gasteiger partial charge on any atom is 0.145 e. The van der Waals surface area contributed by atoms with E-state index in [9.17, 15) is 0 Å². The molecule has 2 N–H and O–H groups in total. The van der Waals surface area contributed by atoms with Gasteiger partial charge in [-0.25, -0.2) is 0 Å². The number of nitrogens with two attached hydrogens (primary N) is 1. The smallest absolute Gasteiger partial charge is 0.145 e. The Morgan fingerprint density at radius 1 is 1.17 bits per heavy atom. The Balaban J connectivity index is 2.21. The van der Waals surface area contributed by atoms with E-state index in [0.717, 1.165) is 22.8 Å². The van der Waals surface area contributed by atoms with Crippen molar-refractivity contribution in [3.63, 3.8) is 0 Å². The summed E-state index contributed by atoms with van der Waals surface area (Å²) in [4.78, 5) is 4.28. The maximum atomic E-state index is 5.82. The van der Waals surface area contributed by atoms with Crippen LogP contribution in [0.1, 0.15) is 29.8 Å². The van der Waals surface area contributed by atoms with Crippen LogP contribution < -0.4 is 10.5 Å². The van der Waals surface area contributed by atoms with Gasteiger partial charge < -0.3 is 10.5 Å². The van der Waals surface area contributed by atoms with Crippen molar-refractivity contribution >= 4 is 0 Å². The Morgan fingerprint density at radius 3 is 2.56 bits per heavy atom. The quantitative estimate of drug-likeness (QED) is 0.896. The largest absolute Gasteiger partial charge is 0.455 e. The van der Waals surface area contributed by atoms with Crippen molar-refractivity contribution in [2.24, 2.45) is 5.73 Å². The number of aryl methyl sites for hydroxylation is 2. The molecule has 1 atom stereocenters. The van der Waals surface area contributed by atoms with Crippen LogP contribution in [-0.2, 0) is 0 Å². The third-order valence-electron chi connectivity index (χ3n) is 2.80. The highest BCUT2D eigenvalue weighted by atomic mass is 16.5. The minimum atomic E-state index is -0.0558. The van der Waals surface area contributed by atoms with E-state index in [2.05, 4.69) is 17.1 Å². The molecule has 0 amide bonds. The maximum absolute atomic E-state index is 5.82. The van der Waals surface area contributed by atoms with Gasteiger partial charge in [0.05, 0.1) is 11.9 Å². The number of ether oxygens (including phenoxy) is 1. The van der Waals surface area contributed by atoms with E-state index in [-0.39, 0.29) is 6.04 Å². The van der Waals surface area contributed by atoms with Crippen LogP contribution in [0.3, 0.4) is 0 Å². The molecule has 0 unspecified atom stereocenters. The molecule has 0 aliphatic rings. The molecule has 0 fully saturated rings. The fourth-order valence-corrected chi connectivity index (χ4v) is 1.67. The van der Waals surface area contributed by atoms with Gasteiger partial charge in [0.25, 0.3) is 0 Å². The summed E-state index contributed by atoms with van der Waals surface area (Å²) in [7, 11) is 0. The van der Waals surface area contributed by atoms with Gasteiger partial charge in [0, 0.05) is 6.04 Å². The first kappa shape index (κ1) is 12.6. The molecule has 0 aliphatic carbocycles. The zero-order valence-electron chi connectivity index (χ0n) is 11.0. The molecule has 0 aliphatic heterocycles. The van der Waals surface area contributed by atoms with Crippen LogP contribution in [0.2, 0.25) is 0 Å². The first-order valence-corrected chi connectivity index (χ1v) is 6.03. The summed E-state index contributed by atoms with van der Waals surface area (Å²) in [5.41, 5.74) is 8.91. The summed E-state index contributed by atoms with van der Waals surface area (Å²) in [5, 5.41) is 0. The van der Waals surface area contributed by atoms with Crippen LogP contribution in [0.4, 0.5) is 0 Å². The minimum absolute atomic E-state index is 0.0558. The number of benzene rings is 1. The Morgan fingerprint density at radius 2 is 1.94 bits per heavy atom. The molecule has 2 aromatic rings. The van der Waals surface area contributed by atoms with Crippen LogP contribution in [0, 0.1) is 13.8 Å². The Labute approximate surface area is 108 Å². The molecule has 3 heteroatoms. The van der Waals surface area contributed by atoms with E-state index in [1.54, 1.807) is 6.20 Å². The molecule has 0 bridgehead atoms. The molecule has 18 heavy (non-hydrogen) atoms. The zero-order chi connectivity index (χ0) is 13.1. The molecule has 2 rings (SSSR count). The lowest BCUT2D eigenvalue weighted by atomic mass is 10.1. The third kappa shape index (κ3) is 2.87. The molecule has 1 heterocycles. The number of hydrogen-bond acceptors (Lipinski definition) is 3. The molecule has 0 saturated carbocycles. The number of nitrogens with zero attached hydrogens (tertiary/aromatic N) is 1. The fraction of sp³-hybridized carbons (Fsp3) is 0.267. The van der Waals surface area contributed by atoms with Gasteiger partial charge in [-0.05, 0) is 50.1 Å². The Kier molecular flexibility index (Phi) is 3.63. The second-order valence-corrected chi connectivity index (χ2v) is 4.58. The van der Waals surface area contributed by atoms with E-state index >= 15 is 0 Å². The van der Waals surface area contributed by atoms with Gasteiger partial charge >= 0.3 is 0 Å². The Hall–Kier alpha value is -1.87. The van der Waals surface area contributed by atoms with E-state index in [0.29, 0.717) is 0 Å². The average molecular weight is 242 g/mol. The van der Waals surface area contributed by atoms with Crippen LogP contribution in [-0.4, -0.2) is 4.98 Å². The average Bonchev–Trinajstić information content (AvgIpc) is 2.34. The van der Waals surface area contributed by atoms with Gasteiger partial charge in [0.15, 0.2) is 0 Å². The van der Waals surface area contributed by atoms with Crippen LogP contribution >= 0.6 is 0 Å². The van der Waals surface area contributed by atoms with Crippen LogP contribution in [0.15, 0.2) is 36.5 Å². The van der Waals surface area contributed by atoms with E-state index in [1.165, 1.54) is 5.56 Å². The normalized spacial score (nSPS) is 12.2. The highest BCUT2D eigenvalue weighted by Crippen LogP contribution is 2.25. The van der Waals surface area contributed by atoms with E-state index < -0.39 is 0 Å². The van der Waals surface area contributed by atoms with Gasteiger partial charge in [-0.3, -0.25) is 4.98 Å². The minimum Gasteiger partial charge on any atom is -0.455 e. The van der Waals surface area contributed by atoms with Gasteiger partial charge in [0.2, 0.25) is 0 Å². The molecule has 0 spiro atoms. The lowest BCUT2D eigenvalue weighted by molar-refractivity contribution is 0.475. The second-order valence-electron chi connectivity index (χ2n) is 4.58. The van der Waals surface area contributed by atoms with Gasteiger partial charge in [0.1, 0.15) is 11.5 Å². The first-order chi connectivity index (χ1) is 8.56. The summed E-state index contributed by atoms with van der Waals surface area (Å²) in [6.45, 7) is 5.98. The zero-order valence-corrected chi connectivity index (χ0v) is 11.0. The predicted molar refractivity (Wildman–Crippen MR) is 72.8 cm³/mol. The second kappa shape index (κ2) is 5.19. The molecular weight excluding hydrogens is 224 g/mol. The van der Waals surface area contributed by atoms with Gasteiger partial charge in [-0.2, -0.15) is 0 Å².